The third kappa shape index (κ3) is 3.95. The Balaban J connectivity index is 1.94. The van der Waals surface area contributed by atoms with Gasteiger partial charge >= 0.3 is 6.03 Å². The van der Waals surface area contributed by atoms with Crippen LogP contribution in [0.2, 0.25) is 5.02 Å². The van der Waals surface area contributed by atoms with Crippen molar-refractivity contribution >= 4 is 39.2 Å². The predicted octanol–water partition coefficient (Wildman–Crippen LogP) is 4.56. The van der Waals surface area contributed by atoms with Gasteiger partial charge in [-0.15, -0.1) is 0 Å². The zero-order valence-electron chi connectivity index (χ0n) is 10.3. The fraction of sp³-hybridized carbons (Fsp3) is 0.0714. The normalized spacial score (nSPS) is 10.2. The van der Waals surface area contributed by atoms with Crippen LogP contribution >= 0.6 is 27.5 Å². The lowest BCUT2D eigenvalue weighted by atomic mass is 10.2. The van der Waals surface area contributed by atoms with Crippen LogP contribution in [0.5, 0.6) is 0 Å². The molecule has 0 unspecified atom stereocenters. The fourth-order valence-corrected chi connectivity index (χ4v) is 2.03. The summed E-state index contributed by atoms with van der Waals surface area (Å²) < 4.78 is 14.4. The molecule has 0 saturated carbocycles. The Morgan fingerprint density at radius 3 is 2.55 bits per heavy atom. The number of carbonyl (C=O) groups is 1. The van der Waals surface area contributed by atoms with Gasteiger partial charge < -0.3 is 10.6 Å². The van der Waals surface area contributed by atoms with Gasteiger partial charge in [-0.3, -0.25) is 0 Å². The Bertz CT molecular complexity index is 599. The maximum atomic E-state index is 13.5. The van der Waals surface area contributed by atoms with Gasteiger partial charge in [0.2, 0.25) is 0 Å². The molecule has 0 fully saturated rings. The maximum Gasteiger partial charge on any atom is 0.319 e. The number of rotatable bonds is 3. The van der Waals surface area contributed by atoms with E-state index in [1.165, 1.54) is 18.2 Å². The molecule has 0 aromatic heterocycles. The molecule has 2 aromatic carbocycles. The first-order chi connectivity index (χ1) is 9.56. The molecule has 0 bridgehead atoms. The number of anilines is 1. The van der Waals surface area contributed by atoms with Crippen molar-refractivity contribution in [3.63, 3.8) is 0 Å². The minimum atomic E-state index is -0.573. The molecule has 104 valence electrons. The molecule has 0 spiro atoms. The van der Waals surface area contributed by atoms with Gasteiger partial charge in [0.15, 0.2) is 0 Å². The highest BCUT2D eigenvalue weighted by Crippen LogP contribution is 2.24. The number of benzene rings is 2. The number of amides is 2. The standard InChI is InChI=1S/C14H11BrClFN2O/c15-10-6-4-9(5-7-10)8-18-14(20)19-13-11(16)2-1-3-12(13)17/h1-7H,8H2,(H2,18,19,20). The van der Waals surface area contributed by atoms with Crippen molar-refractivity contribution in [2.45, 2.75) is 6.54 Å². The van der Waals surface area contributed by atoms with E-state index >= 15 is 0 Å². The van der Waals surface area contributed by atoms with E-state index in [1.54, 1.807) is 0 Å². The molecule has 0 aliphatic carbocycles. The van der Waals surface area contributed by atoms with Crippen molar-refractivity contribution in [1.82, 2.24) is 5.32 Å². The Hall–Kier alpha value is -1.59. The molecule has 0 radical (unpaired) electrons. The first kappa shape index (κ1) is 14.8. The van der Waals surface area contributed by atoms with Gasteiger partial charge in [-0.2, -0.15) is 0 Å². The second kappa shape index (κ2) is 6.72. The summed E-state index contributed by atoms with van der Waals surface area (Å²) in [5.41, 5.74) is 0.908. The van der Waals surface area contributed by atoms with E-state index in [0.717, 1.165) is 10.0 Å². The number of carbonyl (C=O) groups excluding carboxylic acids is 1. The topological polar surface area (TPSA) is 41.1 Å². The van der Waals surface area contributed by atoms with E-state index < -0.39 is 11.8 Å². The molecule has 2 amide bonds. The van der Waals surface area contributed by atoms with Crippen LogP contribution in [0.4, 0.5) is 14.9 Å². The Morgan fingerprint density at radius 1 is 1.20 bits per heavy atom. The van der Waals surface area contributed by atoms with E-state index in [4.69, 9.17) is 11.6 Å². The molecular weight excluding hydrogens is 347 g/mol. The summed E-state index contributed by atoms with van der Waals surface area (Å²) in [5.74, 6) is -0.573. The zero-order chi connectivity index (χ0) is 14.5. The van der Waals surface area contributed by atoms with Crippen LogP contribution in [0.3, 0.4) is 0 Å². The minimum absolute atomic E-state index is 0.0255. The summed E-state index contributed by atoms with van der Waals surface area (Å²) in [7, 11) is 0. The van der Waals surface area contributed by atoms with E-state index in [2.05, 4.69) is 26.6 Å². The van der Waals surface area contributed by atoms with Crippen molar-refractivity contribution in [3.05, 3.63) is 63.3 Å². The van der Waals surface area contributed by atoms with Gasteiger partial charge in [-0.05, 0) is 29.8 Å². The van der Waals surface area contributed by atoms with Gasteiger partial charge in [0.05, 0.1) is 10.7 Å². The molecular formula is C14H11BrClFN2O. The minimum Gasteiger partial charge on any atom is -0.334 e. The van der Waals surface area contributed by atoms with Crippen LogP contribution in [-0.2, 0) is 6.54 Å². The number of hydrogen-bond acceptors (Lipinski definition) is 1. The van der Waals surface area contributed by atoms with E-state index in [-0.39, 0.29) is 10.7 Å². The predicted molar refractivity (Wildman–Crippen MR) is 81.4 cm³/mol. The smallest absolute Gasteiger partial charge is 0.319 e. The first-order valence-electron chi connectivity index (χ1n) is 5.79. The van der Waals surface area contributed by atoms with Gasteiger partial charge in [0, 0.05) is 11.0 Å². The summed E-state index contributed by atoms with van der Waals surface area (Å²) >= 11 is 9.15. The molecule has 20 heavy (non-hydrogen) atoms. The van der Waals surface area contributed by atoms with Crippen LogP contribution in [-0.4, -0.2) is 6.03 Å². The number of urea groups is 1. The lowest BCUT2D eigenvalue weighted by molar-refractivity contribution is 0.251. The van der Waals surface area contributed by atoms with Gasteiger partial charge in [0.1, 0.15) is 5.82 Å². The van der Waals surface area contributed by atoms with E-state index in [0.29, 0.717) is 6.54 Å². The number of hydrogen-bond donors (Lipinski definition) is 2. The van der Waals surface area contributed by atoms with Crippen LogP contribution in [0.15, 0.2) is 46.9 Å². The SMILES string of the molecule is O=C(NCc1ccc(Br)cc1)Nc1c(F)cccc1Cl. The highest BCUT2D eigenvalue weighted by Gasteiger charge is 2.10. The first-order valence-corrected chi connectivity index (χ1v) is 6.96. The second-order valence-electron chi connectivity index (χ2n) is 4.03. The van der Waals surface area contributed by atoms with E-state index in [1.807, 2.05) is 24.3 Å². The molecule has 2 N–H and O–H groups in total. The van der Waals surface area contributed by atoms with Gasteiger partial charge in [-0.25, -0.2) is 9.18 Å². The van der Waals surface area contributed by atoms with Gasteiger partial charge in [-0.1, -0.05) is 45.7 Å². The highest BCUT2D eigenvalue weighted by molar-refractivity contribution is 9.10. The third-order valence-electron chi connectivity index (χ3n) is 2.57. The number of nitrogens with one attached hydrogen (secondary N) is 2. The molecule has 0 saturated heterocycles. The van der Waals surface area contributed by atoms with Crippen molar-refractivity contribution in [1.29, 1.82) is 0 Å². The van der Waals surface area contributed by atoms with Crippen molar-refractivity contribution in [2.75, 3.05) is 5.32 Å². The van der Waals surface area contributed by atoms with Crippen LogP contribution in [0.25, 0.3) is 0 Å². The molecule has 2 rings (SSSR count). The number of para-hydroxylation sites is 1. The fourth-order valence-electron chi connectivity index (χ4n) is 1.56. The Labute approximate surface area is 129 Å². The monoisotopic (exact) mass is 356 g/mol. The average Bonchev–Trinajstić information content (AvgIpc) is 2.42. The molecule has 0 heterocycles. The summed E-state index contributed by atoms with van der Waals surface area (Å²) in [4.78, 5) is 11.7. The quantitative estimate of drug-likeness (QED) is 0.830. The summed E-state index contributed by atoms with van der Waals surface area (Å²) in [6.07, 6.45) is 0. The Kier molecular flexibility index (Phi) is 4.98. The van der Waals surface area contributed by atoms with Crippen molar-refractivity contribution in [3.8, 4) is 0 Å². The van der Waals surface area contributed by atoms with Gasteiger partial charge in [0.25, 0.3) is 0 Å². The lowest BCUT2D eigenvalue weighted by Crippen LogP contribution is -2.28. The maximum absolute atomic E-state index is 13.5. The van der Waals surface area contributed by atoms with Crippen molar-refractivity contribution in [2.24, 2.45) is 0 Å². The summed E-state index contributed by atoms with van der Waals surface area (Å²) in [5, 5.41) is 5.18. The average molecular weight is 358 g/mol. The number of halogens is 3. The summed E-state index contributed by atoms with van der Waals surface area (Å²) in [6, 6.07) is 11.2. The molecule has 0 aliphatic heterocycles. The molecule has 3 nitrogen and oxygen atoms in total. The second-order valence-corrected chi connectivity index (χ2v) is 5.35. The van der Waals surface area contributed by atoms with Crippen LogP contribution < -0.4 is 10.6 Å². The zero-order valence-corrected chi connectivity index (χ0v) is 12.6. The Morgan fingerprint density at radius 2 is 1.90 bits per heavy atom. The molecule has 6 heteroatoms. The van der Waals surface area contributed by atoms with E-state index in [9.17, 15) is 9.18 Å². The highest BCUT2D eigenvalue weighted by atomic mass is 79.9. The van der Waals surface area contributed by atoms with Crippen LogP contribution in [0, 0.1) is 5.82 Å². The van der Waals surface area contributed by atoms with Crippen LogP contribution in [0.1, 0.15) is 5.56 Å². The lowest BCUT2D eigenvalue weighted by Gasteiger charge is -2.10. The molecule has 2 aromatic rings. The largest absolute Gasteiger partial charge is 0.334 e. The molecule has 0 aliphatic rings. The third-order valence-corrected chi connectivity index (χ3v) is 3.41. The summed E-state index contributed by atoms with van der Waals surface area (Å²) in [6.45, 7) is 0.338. The molecule has 0 atom stereocenters. The van der Waals surface area contributed by atoms with Crippen molar-refractivity contribution < 1.29 is 9.18 Å².